The van der Waals surface area contributed by atoms with Gasteiger partial charge in [0.2, 0.25) is 0 Å². The van der Waals surface area contributed by atoms with Gasteiger partial charge in [-0.25, -0.2) is 0 Å². The number of ether oxygens (including phenoxy) is 1. The van der Waals surface area contributed by atoms with E-state index in [4.69, 9.17) is 10.3 Å². The van der Waals surface area contributed by atoms with Crippen molar-refractivity contribution in [2.45, 2.75) is 45.3 Å². The van der Waals surface area contributed by atoms with E-state index in [0.717, 1.165) is 12.8 Å². The summed E-state index contributed by atoms with van der Waals surface area (Å²) in [4.78, 5) is 2.68. The first kappa shape index (κ1) is 13.2. The van der Waals surface area contributed by atoms with Gasteiger partial charge in [0.15, 0.2) is 0 Å². The molecule has 0 aliphatic carbocycles. The van der Waals surface area contributed by atoms with Crippen LogP contribution in [0.5, 0.6) is 0 Å². The van der Waals surface area contributed by atoms with Crippen molar-refractivity contribution in [3.63, 3.8) is 0 Å². The first-order valence-corrected chi connectivity index (χ1v) is 4.86. The number of hydrogen-bond donors (Lipinski definition) is 1. The Bertz CT molecular complexity index is 200. The minimum absolute atomic E-state index is 0.214. The third kappa shape index (κ3) is 5.07. The van der Waals surface area contributed by atoms with E-state index in [1.807, 2.05) is 0 Å². The molecule has 0 saturated heterocycles. The van der Waals surface area contributed by atoms with Crippen LogP contribution >= 0.6 is 0 Å². The highest BCUT2D eigenvalue weighted by Crippen LogP contribution is 2.15. The predicted octanol–water partition coefficient (Wildman–Crippen LogP) is 2.25. The van der Waals surface area contributed by atoms with Crippen LogP contribution in [0.15, 0.2) is 5.11 Å². The number of hydrogen-bond acceptors (Lipinski definition) is 3. The van der Waals surface area contributed by atoms with Crippen LogP contribution in [0.1, 0.15) is 33.6 Å². The minimum atomic E-state index is -0.805. The van der Waals surface area contributed by atoms with Crippen LogP contribution in [0.3, 0.4) is 0 Å². The molecule has 0 aromatic heterocycles. The number of nitrogens with zero attached hydrogens (tertiary/aromatic N) is 3. The number of rotatable bonds is 7. The molecule has 0 amide bonds. The van der Waals surface area contributed by atoms with E-state index in [1.165, 1.54) is 0 Å². The lowest BCUT2D eigenvalue weighted by Gasteiger charge is -2.24. The van der Waals surface area contributed by atoms with Crippen LogP contribution in [-0.4, -0.2) is 30.0 Å². The summed E-state index contributed by atoms with van der Waals surface area (Å²) in [7, 11) is 0. The molecular weight excluding hydrogens is 182 g/mol. The zero-order valence-electron chi connectivity index (χ0n) is 9.10. The Labute approximate surface area is 84.7 Å². The zero-order chi connectivity index (χ0) is 11.0. The van der Waals surface area contributed by atoms with Gasteiger partial charge in [0, 0.05) is 11.5 Å². The maximum absolute atomic E-state index is 9.62. The highest BCUT2D eigenvalue weighted by molar-refractivity contribution is 4.85. The van der Waals surface area contributed by atoms with Crippen LogP contribution in [0.4, 0.5) is 0 Å². The molecule has 0 aromatic carbocycles. The molecule has 0 rings (SSSR count). The normalized spacial score (nSPS) is 13.4. The quantitative estimate of drug-likeness (QED) is 0.297. The molecule has 1 atom stereocenters. The Morgan fingerprint density at radius 2 is 2.21 bits per heavy atom. The van der Waals surface area contributed by atoms with Crippen molar-refractivity contribution in [1.29, 1.82) is 0 Å². The second-order valence-electron chi connectivity index (χ2n) is 3.79. The van der Waals surface area contributed by atoms with Gasteiger partial charge in [-0.2, -0.15) is 0 Å². The molecule has 5 heteroatoms. The van der Waals surface area contributed by atoms with Crippen molar-refractivity contribution < 1.29 is 9.84 Å². The maximum Gasteiger partial charge on any atom is 0.0880 e. The topological polar surface area (TPSA) is 78.2 Å². The summed E-state index contributed by atoms with van der Waals surface area (Å²) in [6.07, 6.45) is 1.29. The van der Waals surface area contributed by atoms with Crippen LogP contribution in [0, 0.1) is 0 Å². The van der Waals surface area contributed by atoms with Crippen LogP contribution in [-0.2, 0) is 4.74 Å². The van der Waals surface area contributed by atoms with E-state index in [0.29, 0.717) is 6.61 Å². The smallest absolute Gasteiger partial charge is 0.0880 e. The second-order valence-corrected chi connectivity index (χ2v) is 3.79. The monoisotopic (exact) mass is 201 g/mol. The molecule has 0 aromatic rings. The first-order valence-electron chi connectivity index (χ1n) is 4.86. The standard InChI is InChI=1S/C9H19N3O2/c1-4-5-6-14-7-8(13)9(2,3)11-12-10/h8,13H,4-7H2,1-3H3. The predicted molar refractivity (Wildman–Crippen MR) is 55.0 cm³/mol. The Balaban J connectivity index is 3.82. The minimum Gasteiger partial charge on any atom is -0.390 e. The molecule has 0 spiro atoms. The van der Waals surface area contributed by atoms with Crippen molar-refractivity contribution in [2.24, 2.45) is 5.11 Å². The SMILES string of the molecule is CCCCOCC(O)C(C)(C)N=[N+]=[N-]. The Morgan fingerprint density at radius 3 is 2.71 bits per heavy atom. The van der Waals surface area contributed by atoms with Crippen LogP contribution in [0.2, 0.25) is 0 Å². The van der Waals surface area contributed by atoms with Crippen molar-refractivity contribution in [2.75, 3.05) is 13.2 Å². The molecule has 0 aliphatic heterocycles. The number of aliphatic hydroxyl groups excluding tert-OH is 1. The average Bonchev–Trinajstić information content (AvgIpc) is 2.12. The Morgan fingerprint density at radius 1 is 1.57 bits per heavy atom. The van der Waals surface area contributed by atoms with E-state index in [9.17, 15) is 5.11 Å². The Hall–Kier alpha value is -0.770. The van der Waals surface area contributed by atoms with E-state index in [2.05, 4.69) is 16.9 Å². The molecule has 1 unspecified atom stereocenters. The molecule has 0 fully saturated rings. The van der Waals surface area contributed by atoms with E-state index < -0.39 is 11.6 Å². The largest absolute Gasteiger partial charge is 0.390 e. The van der Waals surface area contributed by atoms with Crippen molar-refractivity contribution in [3.8, 4) is 0 Å². The summed E-state index contributed by atoms with van der Waals surface area (Å²) in [5.41, 5.74) is 7.46. The molecule has 0 radical (unpaired) electrons. The maximum atomic E-state index is 9.62. The lowest BCUT2D eigenvalue weighted by atomic mass is 10.00. The highest BCUT2D eigenvalue weighted by Gasteiger charge is 2.26. The number of aliphatic hydroxyl groups is 1. The third-order valence-electron chi connectivity index (χ3n) is 2.04. The summed E-state index contributed by atoms with van der Waals surface area (Å²) in [6.45, 7) is 6.29. The fraction of sp³-hybridized carbons (Fsp3) is 1.00. The zero-order valence-corrected chi connectivity index (χ0v) is 9.10. The van der Waals surface area contributed by atoms with Gasteiger partial charge in [-0.1, -0.05) is 32.3 Å². The summed E-state index contributed by atoms with van der Waals surface area (Å²) in [6, 6.07) is 0. The highest BCUT2D eigenvalue weighted by atomic mass is 16.5. The third-order valence-corrected chi connectivity index (χ3v) is 2.04. The molecule has 0 saturated carbocycles. The lowest BCUT2D eigenvalue weighted by Crippen LogP contribution is -2.37. The van der Waals surface area contributed by atoms with Crippen LogP contribution in [0.25, 0.3) is 10.4 Å². The van der Waals surface area contributed by atoms with Crippen molar-refractivity contribution in [3.05, 3.63) is 10.4 Å². The molecule has 0 heterocycles. The molecule has 0 aliphatic rings. The van der Waals surface area contributed by atoms with E-state index >= 15 is 0 Å². The van der Waals surface area contributed by atoms with Crippen molar-refractivity contribution in [1.82, 2.24) is 0 Å². The summed E-state index contributed by atoms with van der Waals surface area (Å²) < 4.78 is 5.24. The second kappa shape index (κ2) is 6.65. The average molecular weight is 201 g/mol. The van der Waals surface area contributed by atoms with Gasteiger partial charge in [0.1, 0.15) is 0 Å². The summed E-state index contributed by atoms with van der Waals surface area (Å²) >= 11 is 0. The number of azide groups is 1. The molecule has 0 bridgehead atoms. The fourth-order valence-corrected chi connectivity index (χ4v) is 0.827. The van der Waals surface area contributed by atoms with Gasteiger partial charge in [0.05, 0.1) is 18.2 Å². The lowest BCUT2D eigenvalue weighted by molar-refractivity contribution is 0.00263. The summed E-state index contributed by atoms with van der Waals surface area (Å²) in [5.74, 6) is 0. The van der Waals surface area contributed by atoms with E-state index in [-0.39, 0.29) is 6.61 Å². The van der Waals surface area contributed by atoms with Crippen molar-refractivity contribution >= 4 is 0 Å². The molecule has 82 valence electrons. The summed E-state index contributed by atoms with van der Waals surface area (Å²) in [5, 5.41) is 13.1. The molecule has 1 N–H and O–H groups in total. The van der Waals surface area contributed by atoms with E-state index in [1.54, 1.807) is 13.8 Å². The van der Waals surface area contributed by atoms with Gasteiger partial charge < -0.3 is 9.84 Å². The van der Waals surface area contributed by atoms with Gasteiger partial charge in [-0.3, -0.25) is 0 Å². The van der Waals surface area contributed by atoms with Gasteiger partial charge in [0.25, 0.3) is 0 Å². The van der Waals surface area contributed by atoms with Gasteiger partial charge >= 0.3 is 0 Å². The number of unbranched alkanes of at least 4 members (excludes halogenated alkanes) is 1. The van der Waals surface area contributed by atoms with Crippen LogP contribution < -0.4 is 0 Å². The Kier molecular flexibility index (Phi) is 6.28. The molecular formula is C9H19N3O2. The van der Waals surface area contributed by atoms with Gasteiger partial charge in [-0.15, -0.1) is 0 Å². The molecule has 5 nitrogen and oxygen atoms in total. The fourth-order valence-electron chi connectivity index (χ4n) is 0.827. The van der Waals surface area contributed by atoms with Gasteiger partial charge in [-0.05, 0) is 12.0 Å². The molecule has 14 heavy (non-hydrogen) atoms. The first-order chi connectivity index (χ1) is 6.54.